The summed E-state index contributed by atoms with van der Waals surface area (Å²) in [5, 5.41) is 4.10. The average molecular weight is 506 g/mol. The summed E-state index contributed by atoms with van der Waals surface area (Å²) in [6.45, 7) is 3.33. The summed E-state index contributed by atoms with van der Waals surface area (Å²) in [6.07, 6.45) is 6.75. The van der Waals surface area contributed by atoms with Crippen molar-refractivity contribution >= 4 is 24.2 Å². The Morgan fingerprint density at radius 1 is 1.14 bits per heavy atom. The molecule has 1 aromatic carbocycles. The maximum absolute atomic E-state index is 12.8. The minimum atomic E-state index is 0. The number of piperazine rings is 1. The number of ether oxygens (including phenoxy) is 1. The molecule has 0 N–H and O–H groups in total. The highest BCUT2D eigenvalue weighted by atomic mass is 35.5. The third-order valence-corrected chi connectivity index (χ3v) is 6.92. The maximum atomic E-state index is 12.8. The number of hydrogen-bond donors (Lipinski definition) is 0. The number of nitrogens with zero attached hydrogens (tertiary/aromatic N) is 5. The lowest BCUT2D eigenvalue weighted by atomic mass is 9.94. The van der Waals surface area contributed by atoms with Gasteiger partial charge in [-0.25, -0.2) is 0 Å². The minimum Gasteiger partial charge on any atom is -0.497 e. The molecule has 0 radical (unpaired) electrons. The Hall–Kier alpha value is -2.65. The molecular weight excluding hydrogens is 470 g/mol. The first-order valence-electron chi connectivity index (χ1n) is 12.3. The molecule has 1 saturated carbocycles. The molecule has 0 bridgehead atoms. The van der Waals surface area contributed by atoms with Gasteiger partial charge < -0.3 is 19.1 Å². The summed E-state index contributed by atoms with van der Waals surface area (Å²) >= 11 is 0. The molecule has 1 aliphatic heterocycles. The van der Waals surface area contributed by atoms with Crippen LogP contribution in [0, 0.1) is 0 Å². The average Bonchev–Trinajstić information content (AvgIpc) is 3.34. The van der Waals surface area contributed by atoms with E-state index in [-0.39, 0.29) is 24.2 Å². The number of hydrogen-bond acceptors (Lipinski definition) is 7. The Kier molecular flexibility index (Phi) is 9.92. The Morgan fingerprint density at radius 3 is 2.60 bits per heavy atom. The van der Waals surface area contributed by atoms with Crippen molar-refractivity contribution in [1.29, 1.82) is 0 Å². The molecule has 1 aromatic heterocycles. The topological polar surface area (TPSA) is 92.0 Å². The molecular formula is C25H36ClN5O4. The predicted molar refractivity (Wildman–Crippen MR) is 134 cm³/mol. The molecule has 10 heteroatoms. The molecule has 4 rings (SSSR count). The van der Waals surface area contributed by atoms with Crippen LogP contribution < -0.4 is 4.74 Å². The highest BCUT2D eigenvalue weighted by Crippen LogP contribution is 2.22. The van der Waals surface area contributed by atoms with E-state index in [1.807, 2.05) is 35.0 Å². The fourth-order valence-corrected chi connectivity index (χ4v) is 4.77. The quantitative estimate of drug-likeness (QED) is 0.544. The van der Waals surface area contributed by atoms with E-state index in [1.165, 1.54) is 19.3 Å². The van der Waals surface area contributed by atoms with Crippen LogP contribution in [0.5, 0.6) is 5.75 Å². The number of aryl methyl sites for hydroxylation is 1. The Labute approximate surface area is 213 Å². The zero-order chi connectivity index (χ0) is 23.9. The van der Waals surface area contributed by atoms with Crippen molar-refractivity contribution in [3.8, 4) is 5.75 Å². The molecule has 0 unspecified atom stereocenters. The Balaban J connectivity index is 0.00000342. The van der Waals surface area contributed by atoms with E-state index in [9.17, 15) is 9.59 Å². The highest BCUT2D eigenvalue weighted by molar-refractivity contribution is 5.94. The van der Waals surface area contributed by atoms with Crippen LogP contribution in [-0.4, -0.2) is 83.0 Å². The van der Waals surface area contributed by atoms with Gasteiger partial charge in [-0.2, -0.15) is 4.98 Å². The SMILES string of the molecule is COc1cccc(C(=O)N2CCN(Cc3noc(CCC(=O)N(C)C4CCCCC4)n3)CC2)c1.Cl. The van der Waals surface area contributed by atoms with Crippen molar-refractivity contribution in [2.75, 3.05) is 40.3 Å². The van der Waals surface area contributed by atoms with Gasteiger partial charge in [-0.3, -0.25) is 14.5 Å². The molecule has 0 atom stereocenters. The molecule has 2 aliphatic rings. The number of aromatic nitrogens is 2. The monoisotopic (exact) mass is 505 g/mol. The van der Waals surface area contributed by atoms with Crippen LogP contribution in [0.4, 0.5) is 0 Å². The van der Waals surface area contributed by atoms with Gasteiger partial charge in [0.25, 0.3) is 5.91 Å². The number of methoxy groups -OCH3 is 1. The predicted octanol–water partition coefficient (Wildman–Crippen LogP) is 3.18. The molecule has 192 valence electrons. The van der Waals surface area contributed by atoms with E-state index in [4.69, 9.17) is 9.26 Å². The lowest BCUT2D eigenvalue weighted by molar-refractivity contribution is -0.132. The van der Waals surface area contributed by atoms with Gasteiger partial charge in [0.2, 0.25) is 11.8 Å². The number of benzene rings is 1. The molecule has 9 nitrogen and oxygen atoms in total. The van der Waals surface area contributed by atoms with E-state index >= 15 is 0 Å². The number of amides is 2. The number of carbonyl (C=O) groups excluding carboxylic acids is 2. The maximum Gasteiger partial charge on any atom is 0.254 e. The zero-order valence-electron chi connectivity index (χ0n) is 20.6. The third kappa shape index (κ3) is 7.18. The van der Waals surface area contributed by atoms with Crippen molar-refractivity contribution in [2.24, 2.45) is 0 Å². The summed E-state index contributed by atoms with van der Waals surface area (Å²) in [5.41, 5.74) is 0.638. The van der Waals surface area contributed by atoms with Crippen LogP contribution in [0.25, 0.3) is 0 Å². The molecule has 2 heterocycles. The summed E-state index contributed by atoms with van der Waals surface area (Å²) in [4.78, 5) is 35.8. The Morgan fingerprint density at radius 2 is 1.89 bits per heavy atom. The molecule has 0 spiro atoms. The van der Waals surface area contributed by atoms with Gasteiger partial charge in [-0.1, -0.05) is 30.5 Å². The van der Waals surface area contributed by atoms with Crippen LogP contribution in [0.3, 0.4) is 0 Å². The van der Waals surface area contributed by atoms with Crippen LogP contribution in [0.15, 0.2) is 28.8 Å². The lowest BCUT2D eigenvalue weighted by Crippen LogP contribution is -2.48. The minimum absolute atomic E-state index is 0. The van der Waals surface area contributed by atoms with Gasteiger partial charge in [0, 0.05) is 57.7 Å². The van der Waals surface area contributed by atoms with E-state index in [1.54, 1.807) is 13.2 Å². The molecule has 35 heavy (non-hydrogen) atoms. The van der Waals surface area contributed by atoms with Crippen molar-refractivity contribution in [3.05, 3.63) is 41.5 Å². The second kappa shape index (κ2) is 12.9. The first-order chi connectivity index (χ1) is 16.5. The first kappa shape index (κ1) is 26.9. The largest absolute Gasteiger partial charge is 0.497 e. The summed E-state index contributed by atoms with van der Waals surface area (Å²) in [5.74, 6) is 1.97. The number of halogens is 1. The van der Waals surface area contributed by atoms with Crippen LogP contribution in [0.2, 0.25) is 0 Å². The zero-order valence-corrected chi connectivity index (χ0v) is 21.5. The Bertz CT molecular complexity index is 970. The van der Waals surface area contributed by atoms with Crippen molar-refractivity contribution in [2.45, 2.75) is 57.5 Å². The van der Waals surface area contributed by atoms with Crippen molar-refractivity contribution in [3.63, 3.8) is 0 Å². The van der Waals surface area contributed by atoms with Crippen LogP contribution in [0.1, 0.15) is 60.6 Å². The molecule has 1 aliphatic carbocycles. The van der Waals surface area contributed by atoms with E-state index in [2.05, 4.69) is 15.0 Å². The van der Waals surface area contributed by atoms with Gasteiger partial charge in [0.05, 0.1) is 13.7 Å². The summed E-state index contributed by atoms with van der Waals surface area (Å²) in [7, 11) is 3.51. The molecule has 2 aromatic rings. The van der Waals surface area contributed by atoms with Gasteiger partial charge in [0.15, 0.2) is 5.82 Å². The van der Waals surface area contributed by atoms with Crippen LogP contribution >= 0.6 is 12.4 Å². The highest BCUT2D eigenvalue weighted by Gasteiger charge is 2.25. The normalized spacial score (nSPS) is 17.0. The molecule has 1 saturated heterocycles. The van der Waals surface area contributed by atoms with E-state index in [0.29, 0.717) is 61.5 Å². The van der Waals surface area contributed by atoms with Gasteiger partial charge in [0.1, 0.15) is 5.75 Å². The molecule has 2 fully saturated rings. The van der Waals surface area contributed by atoms with E-state index in [0.717, 1.165) is 25.9 Å². The van der Waals surface area contributed by atoms with Gasteiger partial charge >= 0.3 is 0 Å². The standard InChI is InChI=1S/C25H35N5O4.ClH/c1-28(20-8-4-3-5-9-20)24(31)12-11-23-26-22(27-34-23)18-29-13-15-30(16-14-29)25(32)19-7-6-10-21(17-19)33-2;/h6-7,10,17,20H,3-5,8-9,11-16,18H2,1-2H3;1H. The summed E-state index contributed by atoms with van der Waals surface area (Å²) < 4.78 is 10.6. The molecule has 2 amide bonds. The lowest BCUT2D eigenvalue weighted by Gasteiger charge is -2.34. The summed E-state index contributed by atoms with van der Waals surface area (Å²) in [6, 6.07) is 7.62. The third-order valence-electron chi connectivity index (χ3n) is 6.92. The van der Waals surface area contributed by atoms with Gasteiger partial charge in [-0.05, 0) is 31.0 Å². The number of rotatable bonds is 8. The smallest absolute Gasteiger partial charge is 0.254 e. The fraction of sp³-hybridized carbons (Fsp3) is 0.600. The second-order valence-electron chi connectivity index (χ2n) is 9.20. The van der Waals surface area contributed by atoms with Gasteiger partial charge in [-0.15, -0.1) is 12.4 Å². The fourth-order valence-electron chi connectivity index (χ4n) is 4.77. The van der Waals surface area contributed by atoms with Crippen LogP contribution in [-0.2, 0) is 17.8 Å². The first-order valence-corrected chi connectivity index (χ1v) is 12.3. The van der Waals surface area contributed by atoms with E-state index < -0.39 is 0 Å². The van der Waals surface area contributed by atoms with Crippen molar-refractivity contribution < 1.29 is 18.8 Å². The number of carbonyl (C=O) groups is 2. The van der Waals surface area contributed by atoms with Crippen molar-refractivity contribution in [1.82, 2.24) is 24.8 Å². The second-order valence-corrected chi connectivity index (χ2v) is 9.20.